The summed E-state index contributed by atoms with van der Waals surface area (Å²) in [6, 6.07) is 9.85. The molecule has 1 saturated carbocycles. The van der Waals surface area contributed by atoms with Crippen molar-refractivity contribution in [1.82, 2.24) is 4.90 Å². The van der Waals surface area contributed by atoms with E-state index in [0.717, 1.165) is 5.56 Å². The molecule has 2 amide bonds. The summed E-state index contributed by atoms with van der Waals surface area (Å²) < 4.78 is 0. The average Bonchev–Trinajstić information content (AvgIpc) is 2.77. The van der Waals surface area contributed by atoms with E-state index >= 15 is 0 Å². The molecule has 2 rings (SSSR count). The number of benzene rings is 1. The molecule has 1 aliphatic rings. The minimum Gasteiger partial charge on any atom is -0.351 e. The maximum absolute atomic E-state index is 11.8. The number of hydrogen-bond acceptors (Lipinski definition) is 1. The smallest absolute Gasteiger partial charge is 0.315 e. The maximum atomic E-state index is 11.8. The van der Waals surface area contributed by atoms with Gasteiger partial charge in [-0.25, -0.2) is 4.79 Å². The molecule has 1 unspecified atom stereocenters. The molecule has 3 heteroatoms. The number of primary amides is 1. The predicted molar refractivity (Wildman–Crippen MR) is 82.1 cm³/mol. The topological polar surface area (TPSA) is 46.3 Å². The van der Waals surface area contributed by atoms with Gasteiger partial charge in [0.15, 0.2) is 0 Å². The Labute approximate surface area is 122 Å². The lowest BCUT2D eigenvalue weighted by atomic mass is 10.0. The first-order valence-electron chi connectivity index (χ1n) is 7.29. The number of amides is 2. The van der Waals surface area contributed by atoms with Gasteiger partial charge in [0, 0.05) is 12.6 Å². The number of nitrogens with two attached hydrogens (primary N) is 1. The quantitative estimate of drug-likeness (QED) is 0.895. The zero-order valence-electron chi connectivity index (χ0n) is 13.2. The molecule has 2 N–H and O–H groups in total. The van der Waals surface area contributed by atoms with Crippen molar-refractivity contribution >= 4 is 6.03 Å². The lowest BCUT2D eigenvalue weighted by Crippen LogP contribution is -2.43. The number of carbonyl (C=O) groups excluding carboxylic acids is 1. The first-order valence-corrected chi connectivity index (χ1v) is 7.29. The van der Waals surface area contributed by atoms with E-state index in [0.29, 0.717) is 12.5 Å². The normalized spacial score (nSPS) is 21.2. The van der Waals surface area contributed by atoms with Gasteiger partial charge in [-0.1, -0.05) is 58.0 Å². The summed E-state index contributed by atoms with van der Waals surface area (Å²) in [6.07, 6.45) is 0. The molecule has 3 nitrogen and oxygen atoms in total. The zero-order valence-corrected chi connectivity index (χ0v) is 13.2. The number of urea groups is 1. The summed E-state index contributed by atoms with van der Waals surface area (Å²) in [6.45, 7) is 11.8. The van der Waals surface area contributed by atoms with E-state index in [2.05, 4.69) is 34.6 Å². The monoisotopic (exact) mass is 274 g/mol. The highest BCUT2D eigenvalue weighted by Crippen LogP contribution is 2.70. The van der Waals surface area contributed by atoms with E-state index in [4.69, 9.17) is 5.73 Å². The van der Waals surface area contributed by atoms with Crippen LogP contribution in [0.2, 0.25) is 0 Å². The lowest BCUT2D eigenvalue weighted by Gasteiger charge is -2.29. The summed E-state index contributed by atoms with van der Waals surface area (Å²) >= 11 is 0. The predicted octanol–water partition coefficient (Wildman–Crippen LogP) is 3.64. The Morgan fingerprint density at radius 2 is 1.70 bits per heavy atom. The molecular formula is C17H26N2O. The molecular weight excluding hydrogens is 248 g/mol. The van der Waals surface area contributed by atoms with Crippen molar-refractivity contribution in [2.75, 3.05) is 0 Å². The van der Waals surface area contributed by atoms with E-state index in [9.17, 15) is 4.79 Å². The van der Waals surface area contributed by atoms with Crippen LogP contribution in [0.5, 0.6) is 0 Å². The fourth-order valence-electron chi connectivity index (χ4n) is 3.84. The number of nitrogens with zero attached hydrogens (tertiary/aromatic N) is 1. The first kappa shape index (κ1) is 14.9. The molecule has 1 aliphatic carbocycles. The molecule has 1 atom stereocenters. The Kier molecular flexibility index (Phi) is 3.57. The zero-order chi connectivity index (χ0) is 15.1. The summed E-state index contributed by atoms with van der Waals surface area (Å²) in [5, 5.41) is 0. The SMILES string of the molecule is CC(C1C(C)(C)C1(C)C)N(Cc1ccccc1)C(N)=O. The average molecular weight is 274 g/mol. The Balaban J connectivity index is 2.17. The Morgan fingerprint density at radius 1 is 1.20 bits per heavy atom. The second-order valence-corrected chi connectivity index (χ2v) is 7.11. The largest absolute Gasteiger partial charge is 0.351 e. The van der Waals surface area contributed by atoms with E-state index in [1.54, 1.807) is 4.90 Å². The van der Waals surface area contributed by atoms with E-state index < -0.39 is 0 Å². The third-order valence-electron chi connectivity index (χ3n) is 5.59. The van der Waals surface area contributed by atoms with Crippen LogP contribution < -0.4 is 5.73 Å². The van der Waals surface area contributed by atoms with Crippen molar-refractivity contribution < 1.29 is 4.79 Å². The fourth-order valence-corrected chi connectivity index (χ4v) is 3.84. The second-order valence-electron chi connectivity index (χ2n) is 7.11. The summed E-state index contributed by atoms with van der Waals surface area (Å²) in [5.74, 6) is 0.478. The van der Waals surface area contributed by atoms with Gasteiger partial charge in [-0.2, -0.15) is 0 Å². The first-order chi connectivity index (χ1) is 9.19. The van der Waals surface area contributed by atoms with Crippen molar-refractivity contribution in [1.29, 1.82) is 0 Å². The summed E-state index contributed by atoms with van der Waals surface area (Å²) in [4.78, 5) is 13.6. The van der Waals surface area contributed by atoms with Crippen LogP contribution in [0.3, 0.4) is 0 Å². The number of carbonyl (C=O) groups is 1. The van der Waals surface area contributed by atoms with Gasteiger partial charge in [-0.3, -0.25) is 0 Å². The van der Waals surface area contributed by atoms with Gasteiger partial charge < -0.3 is 10.6 Å². The van der Waals surface area contributed by atoms with E-state index in [-0.39, 0.29) is 22.9 Å². The van der Waals surface area contributed by atoms with Crippen LogP contribution in [0.25, 0.3) is 0 Å². The lowest BCUT2D eigenvalue weighted by molar-refractivity contribution is 0.168. The highest BCUT2D eigenvalue weighted by atomic mass is 16.2. The molecule has 0 bridgehead atoms. The molecule has 0 aliphatic heterocycles. The maximum Gasteiger partial charge on any atom is 0.315 e. The number of hydrogen-bond donors (Lipinski definition) is 1. The van der Waals surface area contributed by atoms with Crippen LogP contribution in [0.1, 0.15) is 40.2 Å². The van der Waals surface area contributed by atoms with Gasteiger partial charge in [0.2, 0.25) is 0 Å². The molecule has 110 valence electrons. The third-order valence-corrected chi connectivity index (χ3v) is 5.59. The van der Waals surface area contributed by atoms with Gasteiger partial charge in [-0.05, 0) is 29.2 Å². The van der Waals surface area contributed by atoms with Crippen molar-refractivity contribution in [3.63, 3.8) is 0 Å². The highest BCUT2D eigenvalue weighted by Gasteiger charge is 2.67. The third kappa shape index (κ3) is 2.30. The Morgan fingerprint density at radius 3 is 2.10 bits per heavy atom. The van der Waals surface area contributed by atoms with Crippen LogP contribution in [0.4, 0.5) is 4.79 Å². The standard InChI is InChI=1S/C17H26N2O/c1-12(14-16(2,3)17(14,4)5)19(15(18)20)11-13-9-7-6-8-10-13/h6-10,12,14H,11H2,1-5H3,(H2,18,20). The van der Waals surface area contributed by atoms with Gasteiger partial charge in [0.05, 0.1) is 0 Å². The van der Waals surface area contributed by atoms with Crippen LogP contribution >= 0.6 is 0 Å². The minimum absolute atomic E-state index is 0.151. The van der Waals surface area contributed by atoms with Crippen LogP contribution in [-0.4, -0.2) is 17.0 Å². The Hall–Kier alpha value is -1.51. The molecule has 0 aromatic heterocycles. The van der Waals surface area contributed by atoms with Gasteiger partial charge >= 0.3 is 6.03 Å². The minimum atomic E-state index is -0.333. The van der Waals surface area contributed by atoms with E-state index in [1.807, 2.05) is 30.3 Å². The van der Waals surface area contributed by atoms with Crippen molar-refractivity contribution in [2.45, 2.75) is 47.2 Å². The highest BCUT2D eigenvalue weighted by molar-refractivity contribution is 5.72. The van der Waals surface area contributed by atoms with Gasteiger partial charge in [0.25, 0.3) is 0 Å². The molecule has 0 heterocycles. The van der Waals surface area contributed by atoms with Crippen molar-refractivity contribution in [2.24, 2.45) is 22.5 Å². The van der Waals surface area contributed by atoms with Crippen LogP contribution in [0, 0.1) is 16.7 Å². The molecule has 20 heavy (non-hydrogen) atoms. The van der Waals surface area contributed by atoms with Crippen LogP contribution in [-0.2, 0) is 6.54 Å². The molecule has 1 aromatic rings. The number of rotatable bonds is 4. The summed E-state index contributed by atoms with van der Waals surface area (Å²) in [5.41, 5.74) is 7.23. The Bertz CT molecular complexity index is 479. The molecule has 0 saturated heterocycles. The molecule has 1 fully saturated rings. The molecule has 0 spiro atoms. The summed E-state index contributed by atoms with van der Waals surface area (Å²) in [7, 11) is 0. The fraction of sp³-hybridized carbons (Fsp3) is 0.588. The van der Waals surface area contributed by atoms with E-state index in [1.165, 1.54) is 0 Å². The molecule has 0 radical (unpaired) electrons. The van der Waals surface area contributed by atoms with Crippen LogP contribution in [0.15, 0.2) is 30.3 Å². The second kappa shape index (κ2) is 4.80. The van der Waals surface area contributed by atoms with Crippen molar-refractivity contribution in [3.8, 4) is 0 Å². The van der Waals surface area contributed by atoms with Gasteiger partial charge in [-0.15, -0.1) is 0 Å². The molecule has 1 aromatic carbocycles. The van der Waals surface area contributed by atoms with Crippen molar-refractivity contribution in [3.05, 3.63) is 35.9 Å². The van der Waals surface area contributed by atoms with Gasteiger partial charge in [0.1, 0.15) is 0 Å².